The first-order valence-electron chi connectivity index (χ1n) is 13.0. The summed E-state index contributed by atoms with van der Waals surface area (Å²) >= 11 is 3.19. The van der Waals surface area contributed by atoms with E-state index in [1.165, 1.54) is 11.3 Å². The zero-order valence-corrected chi connectivity index (χ0v) is 25.5. The third-order valence-corrected chi connectivity index (χ3v) is 6.83. The van der Waals surface area contributed by atoms with E-state index in [-0.39, 0.29) is 31.6 Å². The van der Waals surface area contributed by atoms with Crippen LogP contribution >= 0.6 is 23.5 Å². The van der Waals surface area contributed by atoms with Crippen molar-refractivity contribution in [3.8, 4) is 0 Å². The van der Waals surface area contributed by atoms with Crippen LogP contribution in [0.5, 0.6) is 0 Å². The van der Waals surface area contributed by atoms with Gasteiger partial charge < -0.3 is 25.2 Å². The minimum absolute atomic E-state index is 0.122. The molecule has 0 aromatic carbocycles. The molecule has 0 atom stereocenters. The molecule has 1 rings (SSSR count). The lowest BCUT2D eigenvalue weighted by atomic mass is 10.2. The van der Waals surface area contributed by atoms with Crippen LogP contribution in [0.3, 0.4) is 0 Å². The normalized spacial score (nSPS) is 12.6. The van der Waals surface area contributed by atoms with Gasteiger partial charge in [0.1, 0.15) is 6.61 Å². The Balaban J connectivity index is 0.00000434. The van der Waals surface area contributed by atoms with Crippen LogP contribution in [0.25, 0.3) is 0 Å². The second-order valence-electron chi connectivity index (χ2n) is 8.59. The molecule has 1 aliphatic rings. The van der Waals surface area contributed by atoms with Crippen molar-refractivity contribution in [2.75, 3.05) is 64.4 Å². The third-order valence-electron chi connectivity index (χ3n) is 4.72. The lowest BCUT2D eigenvalue weighted by Gasteiger charge is -2.22. The molecule has 1 heterocycles. The van der Waals surface area contributed by atoms with E-state index in [0.717, 1.165) is 22.1 Å². The van der Waals surface area contributed by atoms with Gasteiger partial charge in [-0.25, -0.2) is 9.59 Å². The summed E-state index contributed by atoms with van der Waals surface area (Å²) in [5.41, 5.74) is 2.67. The van der Waals surface area contributed by atoms with Crippen LogP contribution in [0.4, 0.5) is 9.59 Å². The van der Waals surface area contributed by atoms with Gasteiger partial charge in [0.2, 0.25) is 5.91 Å². The molecule has 1 aliphatic heterocycles. The molecular weight excluding hydrogens is 524 g/mol. The minimum Gasteiger partial charge on any atom is -0.445 e. The van der Waals surface area contributed by atoms with Crippen LogP contribution in [-0.2, 0) is 9.53 Å². The number of urea groups is 1. The predicted molar refractivity (Wildman–Crippen MR) is 162 cm³/mol. The van der Waals surface area contributed by atoms with Crippen molar-refractivity contribution in [1.29, 1.82) is 0 Å². The van der Waals surface area contributed by atoms with Crippen LogP contribution in [0, 0.1) is 5.92 Å². The number of ether oxygens (including phenoxy) is 1. The fraction of sp³-hybridized carbons (Fsp3) is 0.654. The highest BCUT2D eigenvalue weighted by atomic mass is 32.2. The van der Waals surface area contributed by atoms with Gasteiger partial charge in [-0.05, 0) is 12.5 Å². The topological polar surface area (TPSA) is 116 Å². The zero-order valence-electron chi connectivity index (χ0n) is 23.8. The summed E-state index contributed by atoms with van der Waals surface area (Å²) < 4.78 is 5.16. The quantitative estimate of drug-likeness (QED) is 0.183. The van der Waals surface area contributed by atoms with Crippen molar-refractivity contribution in [3.05, 3.63) is 24.4 Å². The monoisotopic (exact) mass is 570 g/mol. The van der Waals surface area contributed by atoms with Gasteiger partial charge in [-0.3, -0.25) is 14.8 Å². The predicted octanol–water partition coefficient (Wildman–Crippen LogP) is 4.25. The number of thioether (sulfide) groups is 2. The molecule has 2 N–H and O–H groups in total. The fourth-order valence-corrected chi connectivity index (χ4v) is 4.15. The van der Waals surface area contributed by atoms with Crippen molar-refractivity contribution < 1.29 is 19.1 Å². The van der Waals surface area contributed by atoms with Crippen molar-refractivity contribution in [3.63, 3.8) is 0 Å². The molecule has 0 saturated carbocycles. The number of hydrogen-bond donors (Lipinski definition) is 2. The van der Waals surface area contributed by atoms with Crippen molar-refractivity contribution >= 4 is 52.1 Å². The summed E-state index contributed by atoms with van der Waals surface area (Å²) in [5.74, 6) is 1.63. The minimum atomic E-state index is -0.546. The molecule has 0 radical (unpaired) electrons. The third kappa shape index (κ3) is 17.1. The number of rotatable bonds is 14. The first kappa shape index (κ1) is 35.5. The lowest BCUT2D eigenvalue weighted by Crippen LogP contribution is -2.46. The number of hydrogen-bond acceptors (Lipinski definition) is 8. The molecule has 4 amide bonds. The van der Waals surface area contributed by atoms with Crippen LogP contribution in [0.1, 0.15) is 41.0 Å². The van der Waals surface area contributed by atoms with Gasteiger partial charge in [0.05, 0.1) is 23.7 Å². The molecule has 12 heteroatoms. The highest BCUT2D eigenvalue weighted by Gasteiger charge is 2.15. The van der Waals surface area contributed by atoms with Gasteiger partial charge in [-0.1, -0.05) is 40.2 Å². The van der Waals surface area contributed by atoms with Gasteiger partial charge in [0, 0.05) is 56.9 Å². The van der Waals surface area contributed by atoms with E-state index in [0.29, 0.717) is 32.1 Å². The molecule has 0 aromatic rings. The first-order valence-corrected chi connectivity index (χ1v) is 15.0. The molecular formula is C26H46N6O4S2. The van der Waals surface area contributed by atoms with E-state index >= 15 is 0 Å². The van der Waals surface area contributed by atoms with Gasteiger partial charge >= 0.3 is 12.1 Å². The Morgan fingerprint density at radius 3 is 2.55 bits per heavy atom. The smallest absolute Gasteiger partial charge is 0.407 e. The average molecular weight is 571 g/mol. The number of nitrogens with one attached hydrogen (secondary N) is 2. The number of nitrogens with zero attached hydrogens (tertiary/aromatic N) is 4. The number of amides is 4. The van der Waals surface area contributed by atoms with Crippen molar-refractivity contribution in [2.45, 2.75) is 41.0 Å². The first-order chi connectivity index (χ1) is 18.2. The van der Waals surface area contributed by atoms with E-state index in [9.17, 15) is 14.4 Å². The molecule has 0 saturated heterocycles. The second-order valence-corrected chi connectivity index (χ2v) is 10.5. The highest BCUT2D eigenvalue weighted by molar-refractivity contribution is 8.14. The van der Waals surface area contributed by atoms with Gasteiger partial charge in [-0.2, -0.15) is 0 Å². The Hall–Kier alpha value is -2.47. The standard InChI is InChI=1S/C23H38N6O4S2.C3H8/c1-6-12-35-21(18(3)4)25-8-10-28(5)22(31)27-14-20(30)29(7-2)11-9-26-23(32)33-15-19-13-24-17-34-16-19;1-3-2/h6,13,17-18H,1,7-12,14-16H2,2-5H3,(H,26,32)(H,27,31);3H2,1-2H3. The van der Waals surface area contributed by atoms with Crippen molar-refractivity contribution in [2.24, 2.45) is 15.9 Å². The number of carbonyl (C=O) groups is 3. The van der Waals surface area contributed by atoms with Crippen LogP contribution in [-0.4, -0.2) is 103 Å². The van der Waals surface area contributed by atoms with E-state index in [1.807, 2.05) is 13.0 Å². The Kier molecular flexibility index (Phi) is 21.0. The molecule has 0 aromatic heterocycles. The largest absolute Gasteiger partial charge is 0.445 e. The molecule has 0 unspecified atom stereocenters. The summed E-state index contributed by atoms with van der Waals surface area (Å²) in [5, 5.41) is 6.31. The molecule has 216 valence electrons. The highest BCUT2D eigenvalue weighted by Crippen LogP contribution is 2.13. The molecule has 0 fully saturated rings. The Morgan fingerprint density at radius 1 is 1.26 bits per heavy atom. The molecule has 0 aliphatic carbocycles. The fourth-order valence-electron chi connectivity index (χ4n) is 2.75. The molecule has 0 bridgehead atoms. The van der Waals surface area contributed by atoms with Crippen LogP contribution in [0.2, 0.25) is 0 Å². The Bertz CT molecular complexity index is 818. The van der Waals surface area contributed by atoms with Crippen molar-refractivity contribution in [1.82, 2.24) is 20.4 Å². The average Bonchev–Trinajstić information content (AvgIpc) is 2.90. The van der Waals surface area contributed by atoms with E-state index in [2.05, 4.69) is 54.9 Å². The van der Waals surface area contributed by atoms with Crippen LogP contribution in [0.15, 0.2) is 34.4 Å². The summed E-state index contributed by atoms with van der Waals surface area (Å²) in [4.78, 5) is 48.3. The lowest BCUT2D eigenvalue weighted by molar-refractivity contribution is -0.129. The maximum absolute atomic E-state index is 12.5. The second kappa shape index (κ2) is 22.5. The van der Waals surface area contributed by atoms with E-state index in [4.69, 9.17) is 4.74 Å². The van der Waals surface area contributed by atoms with Gasteiger partial charge in [0.15, 0.2) is 0 Å². The van der Waals surface area contributed by atoms with Crippen LogP contribution < -0.4 is 10.6 Å². The SMILES string of the molecule is C=CCSC(=NCCN(C)C(=O)NCC(=O)N(CC)CCNC(=O)OCC1=CN=CSC1)C(C)C.CCC. The summed E-state index contributed by atoms with van der Waals surface area (Å²) in [7, 11) is 1.67. The van der Waals surface area contributed by atoms with Gasteiger partial charge in [-0.15, -0.1) is 30.1 Å². The van der Waals surface area contributed by atoms with E-state index < -0.39 is 6.09 Å². The number of carbonyl (C=O) groups excluding carboxylic acids is 3. The number of likely N-dealkylation sites (N-methyl/N-ethyl adjacent to an activating group) is 2. The maximum atomic E-state index is 12.5. The van der Waals surface area contributed by atoms with Gasteiger partial charge in [0.25, 0.3) is 0 Å². The summed E-state index contributed by atoms with van der Waals surface area (Å²) in [6.07, 6.45) is 4.23. The Morgan fingerprint density at radius 2 is 1.97 bits per heavy atom. The summed E-state index contributed by atoms with van der Waals surface area (Å²) in [6.45, 7) is 16.0. The number of aliphatic imine (C=N–C) groups is 2. The molecule has 0 spiro atoms. The molecule has 38 heavy (non-hydrogen) atoms. The molecule has 10 nitrogen and oxygen atoms in total. The zero-order chi connectivity index (χ0) is 28.8. The maximum Gasteiger partial charge on any atom is 0.407 e. The Labute approximate surface area is 237 Å². The van der Waals surface area contributed by atoms with E-state index in [1.54, 1.807) is 47.2 Å². The summed E-state index contributed by atoms with van der Waals surface area (Å²) in [6, 6.07) is -0.337. The number of alkyl carbamates (subject to hydrolysis) is 1.